The molecule has 3 aromatic heterocycles. The standard InChI is InChI=1S/C26H16N2.C20H14N4/c27-25-22(16-7-2-1-3-8-16)20-14-6-12-18-17-11-4-9-15-10-5-13-19(21(15)17)24(23(18)20)26(25)28;1-2-14-10-16-5-6-18(23-16)12-20-8-7-19(24-20)11-17-4-3-15(22-17)9-13(1)21-14/h1-14,27-28H;1-12,21,24H. The van der Waals surface area contributed by atoms with Gasteiger partial charge in [-0.2, -0.15) is 0 Å². The molecule has 0 radical (unpaired) electrons. The lowest BCUT2D eigenvalue weighted by atomic mass is 9.86. The topological polar surface area (TPSA) is 105 Å². The van der Waals surface area contributed by atoms with E-state index in [0.717, 1.165) is 82.9 Å². The van der Waals surface area contributed by atoms with E-state index in [2.05, 4.69) is 98.8 Å². The Labute approximate surface area is 297 Å². The van der Waals surface area contributed by atoms with Crippen LogP contribution in [0.1, 0.15) is 22.8 Å². The van der Waals surface area contributed by atoms with Crippen LogP contribution in [-0.2, 0) is 0 Å². The van der Waals surface area contributed by atoms with Crippen molar-refractivity contribution < 1.29 is 0 Å². The fourth-order valence-electron chi connectivity index (χ4n) is 7.66. The fraction of sp³-hybridized carbons (Fsp3) is 0. The van der Waals surface area contributed by atoms with E-state index in [4.69, 9.17) is 10.8 Å². The first kappa shape index (κ1) is 29.7. The Bertz CT molecular complexity index is 3040. The predicted octanol–water partition coefficient (Wildman–Crippen LogP) is 10.5. The highest BCUT2D eigenvalue weighted by atomic mass is 14.8. The van der Waals surface area contributed by atoms with Gasteiger partial charge in [0, 0.05) is 38.4 Å². The normalized spacial score (nSPS) is 12.2. The van der Waals surface area contributed by atoms with Crippen LogP contribution in [0.25, 0.3) is 101 Å². The summed E-state index contributed by atoms with van der Waals surface area (Å²) in [5.74, 6) is 0. The highest BCUT2D eigenvalue weighted by Gasteiger charge is 2.18. The molecule has 2 aliphatic heterocycles. The van der Waals surface area contributed by atoms with Gasteiger partial charge in [-0.05, 0) is 111 Å². The number of aromatic nitrogens is 4. The van der Waals surface area contributed by atoms with Gasteiger partial charge in [0.1, 0.15) is 0 Å². The summed E-state index contributed by atoms with van der Waals surface area (Å²) in [7, 11) is 0. The molecule has 6 heteroatoms. The minimum Gasteiger partial charge on any atom is -0.355 e. The van der Waals surface area contributed by atoms with Crippen molar-refractivity contribution in [2.45, 2.75) is 0 Å². The predicted molar refractivity (Wildman–Crippen MR) is 215 cm³/mol. The van der Waals surface area contributed by atoms with Crippen LogP contribution in [-0.4, -0.2) is 19.9 Å². The molecule has 0 unspecified atom stereocenters. The lowest BCUT2D eigenvalue weighted by Gasteiger charge is -2.16. The van der Waals surface area contributed by atoms with Crippen molar-refractivity contribution in [3.05, 3.63) is 167 Å². The van der Waals surface area contributed by atoms with Gasteiger partial charge >= 0.3 is 0 Å². The Hall–Kier alpha value is -7.18. The minimum absolute atomic E-state index is 0.294. The number of H-pyrrole nitrogens is 2. The summed E-state index contributed by atoms with van der Waals surface area (Å²) in [4.78, 5) is 16.0. The van der Waals surface area contributed by atoms with Crippen molar-refractivity contribution in [1.82, 2.24) is 19.9 Å². The molecule has 9 aromatic rings. The molecule has 0 aliphatic carbocycles. The van der Waals surface area contributed by atoms with Crippen LogP contribution in [0.15, 0.2) is 133 Å². The van der Waals surface area contributed by atoms with Crippen LogP contribution in [0.5, 0.6) is 0 Å². The zero-order valence-electron chi connectivity index (χ0n) is 27.9. The largest absolute Gasteiger partial charge is 0.355 e. The number of aromatic amines is 2. The van der Waals surface area contributed by atoms with Gasteiger partial charge in [0.05, 0.1) is 33.5 Å². The smallest absolute Gasteiger partial charge is 0.0880 e. The molecule has 0 spiro atoms. The summed E-state index contributed by atoms with van der Waals surface area (Å²) in [6, 6.07) is 45.4. The van der Waals surface area contributed by atoms with E-state index in [1.807, 2.05) is 78.9 Å². The van der Waals surface area contributed by atoms with E-state index in [0.29, 0.717) is 10.7 Å². The quantitative estimate of drug-likeness (QED) is 0.103. The maximum Gasteiger partial charge on any atom is 0.0880 e. The lowest BCUT2D eigenvalue weighted by Crippen LogP contribution is -2.26. The van der Waals surface area contributed by atoms with Crippen LogP contribution in [0.3, 0.4) is 0 Å². The van der Waals surface area contributed by atoms with E-state index in [1.165, 1.54) is 16.2 Å². The molecule has 8 bridgehead atoms. The van der Waals surface area contributed by atoms with Crippen molar-refractivity contribution in [3.63, 3.8) is 0 Å². The average Bonchev–Trinajstić information content (AvgIpc) is 4.00. The molecule has 4 N–H and O–H groups in total. The zero-order chi connectivity index (χ0) is 34.8. The Morgan fingerprint density at radius 1 is 0.385 bits per heavy atom. The van der Waals surface area contributed by atoms with Gasteiger partial charge in [0.15, 0.2) is 0 Å². The molecule has 52 heavy (non-hydrogen) atoms. The molecule has 0 saturated heterocycles. The van der Waals surface area contributed by atoms with Crippen molar-refractivity contribution in [1.29, 1.82) is 10.8 Å². The highest BCUT2D eigenvalue weighted by molar-refractivity contribution is 6.33. The maximum atomic E-state index is 8.92. The van der Waals surface area contributed by atoms with Gasteiger partial charge in [-0.1, -0.05) is 84.9 Å². The van der Waals surface area contributed by atoms with Gasteiger partial charge in [0.2, 0.25) is 0 Å². The zero-order valence-corrected chi connectivity index (χ0v) is 27.9. The fourth-order valence-corrected chi connectivity index (χ4v) is 7.66. The maximum absolute atomic E-state index is 8.92. The van der Waals surface area contributed by atoms with Gasteiger partial charge in [-0.3, -0.25) is 10.8 Å². The number of hydrogen-bond acceptors (Lipinski definition) is 4. The second kappa shape index (κ2) is 11.7. The van der Waals surface area contributed by atoms with E-state index in [9.17, 15) is 0 Å². The average molecular weight is 667 g/mol. The molecular formula is C46H30N6. The summed E-state index contributed by atoms with van der Waals surface area (Å²) in [5, 5.41) is 27.2. The third-order valence-corrected chi connectivity index (χ3v) is 9.90. The lowest BCUT2D eigenvalue weighted by molar-refractivity contribution is 1.17. The van der Waals surface area contributed by atoms with Crippen molar-refractivity contribution >= 4 is 89.5 Å². The van der Waals surface area contributed by atoms with E-state index >= 15 is 0 Å². The number of hydrogen-bond donors (Lipinski definition) is 4. The molecular weight excluding hydrogens is 637 g/mol. The molecule has 0 atom stereocenters. The van der Waals surface area contributed by atoms with Crippen LogP contribution in [0.2, 0.25) is 0 Å². The Morgan fingerprint density at radius 3 is 1.38 bits per heavy atom. The number of nitrogens with one attached hydrogen (secondary N) is 4. The summed E-state index contributed by atoms with van der Waals surface area (Å²) >= 11 is 0. The molecule has 6 aromatic carbocycles. The van der Waals surface area contributed by atoms with Gasteiger partial charge in [-0.15, -0.1) is 0 Å². The minimum atomic E-state index is 0.294. The van der Waals surface area contributed by atoms with Gasteiger partial charge in [-0.25, -0.2) is 9.97 Å². The first-order valence-corrected chi connectivity index (χ1v) is 17.2. The van der Waals surface area contributed by atoms with Gasteiger partial charge < -0.3 is 9.97 Å². The number of benzene rings is 6. The number of fused-ring (bicyclic) bond motifs is 10. The summed E-state index contributed by atoms with van der Waals surface area (Å²) < 4.78 is 0. The Kier molecular flexibility index (Phi) is 6.69. The van der Waals surface area contributed by atoms with Crippen molar-refractivity contribution in [2.75, 3.05) is 0 Å². The molecule has 11 rings (SSSR count). The Balaban J connectivity index is 0.000000132. The molecule has 0 fully saturated rings. The van der Waals surface area contributed by atoms with Crippen molar-refractivity contribution in [3.8, 4) is 11.1 Å². The molecule has 2 aliphatic rings. The van der Waals surface area contributed by atoms with E-state index in [1.54, 1.807) is 0 Å². The highest BCUT2D eigenvalue weighted by Crippen LogP contribution is 2.40. The SMILES string of the molecule is C1=Cc2cc3ccc(cc4nc(cc5ccc(cc1n2)[nH]5)C=C4)[nH]3.N=c1c(-c2ccccc2)c2cccc3c4cccc5cccc(c(c1=N)c23)c54. The van der Waals surface area contributed by atoms with Crippen LogP contribution < -0.4 is 10.7 Å². The number of rotatable bonds is 1. The van der Waals surface area contributed by atoms with Crippen LogP contribution in [0, 0.1) is 10.8 Å². The number of nitrogens with zero attached hydrogens (tertiary/aromatic N) is 2. The summed E-state index contributed by atoms with van der Waals surface area (Å²) in [6.45, 7) is 0. The second-order valence-corrected chi connectivity index (χ2v) is 13.2. The third kappa shape index (κ3) is 4.96. The third-order valence-electron chi connectivity index (χ3n) is 9.90. The van der Waals surface area contributed by atoms with Crippen LogP contribution in [0.4, 0.5) is 0 Å². The Morgan fingerprint density at radius 2 is 0.846 bits per heavy atom. The first-order chi connectivity index (χ1) is 25.6. The first-order valence-electron chi connectivity index (χ1n) is 17.2. The summed E-state index contributed by atoms with van der Waals surface area (Å²) in [6.07, 6.45) is 8.09. The van der Waals surface area contributed by atoms with Gasteiger partial charge in [0.25, 0.3) is 0 Å². The monoisotopic (exact) mass is 666 g/mol. The van der Waals surface area contributed by atoms with Crippen LogP contribution >= 0.6 is 0 Å². The summed E-state index contributed by atoms with van der Waals surface area (Å²) in [5.41, 5.74) is 9.69. The van der Waals surface area contributed by atoms with E-state index in [-0.39, 0.29) is 0 Å². The molecule has 244 valence electrons. The molecule has 0 saturated carbocycles. The van der Waals surface area contributed by atoms with E-state index < -0.39 is 0 Å². The molecule has 6 nitrogen and oxygen atoms in total. The molecule has 0 amide bonds. The van der Waals surface area contributed by atoms with Crippen molar-refractivity contribution in [2.24, 2.45) is 0 Å². The second-order valence-electron chi connectivity index (χ2n) is 13.2. The molecule has 5 heterocycles.